The molecule has 0 aromatic heterocycles. The van der Waals surface area contributed by atoms with Gasteiger partial charge < -0.3 is 5.32 Å². The van der Waals surface area contributed by atoms with E-state index < -0.39 is 9.84 Å². The highest BCUT2D eigenvalue weighted by molar-refractivity contribution is 7.91. The molecule has 6 heteroatoms. The molecule has 0 aliphatic heterocycles. The minimum atomic E-state index is -2.90. The Labute approximate surface area is 125 Å². The molecule has 108 valence electrons. The summed E-state index contributed by atoms with van der Waals surface area (Å²) in [6, 6.07) is 5.44. The molecule has 0 heterocycles. The Hall–Kier alpha value is -0.290. The van der Waals surface area contributed by atoms with E-state index in [2.05, 4.69) is 5.32 Å². The lowest BCUT2D eigenvalue weighted by Gasteiger charge is -2.17. The second-order valence-corrected chi connectivity index (χ2v) is 7.77. The third kappa shape index (κ3) is 5.69. The molecule has 1 N–H and O–H groups in total. The first-order valence-corrected chi connectivity index (χ1v) is 8.79. The van der Waals surface area contributed by atoms with E-state index in [0.29, 0.717) is 16.5 Å². The van der Waals surface area contributed by atoms with Crippen molar-refractivity contribution >= 4 is 33.0 Å². The van der Waals surface area contributed by atoms with E-state index in [1.54, 1.807) is 13.0 Å². The Balaban J connectivity index is 2.68. The van der Waals surface area contributed by atoms with E-state index >= 15 is 0 Å². The molecule has 0 fully saturated rings. The van der Waals surface area contributed by atoms with Gasteiger partial charge in [0.15, 0.2) is 0 Å². The van der Waals surface area contributed by atoms with Gasteiger partial charge in [-0.3, -0.25) is 0 Å². The van der Waals surface area contributed by atoms with Crippen LogP contribution in [-0.4, -0.2) is 27.0 Å². The highest BCUT2D eigenvalue weighted by Gasteiger charge is 2.13. The van der Waals surface area contributed by atoms with Crippen molar-refractivity contribution in [1.82, 2.24) is 5.32 Å². The molecule has 0 bridgehead atoms. The van der Waals surface area contributed by atoms with Crippen LogP contribution in [0.4, 0.5) is 0 Å². The number of rotatable bonds is 7. The SMILES string of the molecule is CCS(=O)(=O)CCCC(NC)c1cc(Cl)cc(Cl)c1. The normalized spacial score (nSPS) is 13.5. The standard InChI is InChI=1S/C13H19Cl2NO2S/c1-3-19(17,18)6-4-5-13(16-2)10-7-11(14)9-12(15)8-10/h7-9,13,16H,3-6H2,1-2H3. The highest BCUT2D eigenvalue weighted by Crippen LogP contribution is 2.26. The smallest absolute Gasteiger partial charge is 0.150 e. The van der Waals surface area contributed by atoms with Gasteiger partial charge in [-0.15, -0.1) is 0 Å². The van der Waals surface area contributed by atoms with Crippen molar-refractivity contribution in [3.8, 4) is 0 Å². The van der Waals surface area contributed by atoms with Gasteiger partial charge in [-0.1, -0.05) is 30.1 Å². The van der Waals surface area contributed by atoms with E-state index in [1.807, 2.05) is 19.2 Å². The molecular formula is C13H19Cl2NO2S. The lowest BCUT2D eigenvalue weighted by molar-refractivity contribution is 0.535. The number of nitrogens with one attached hydrogen (secondary N) is 1. The monoisotopic (exact) mass is 323 g/mol. The van der Waals surface area contributed by atoms with Gasteiger partial charge >= 0.3 is 0 Å². The molecule has 1 unspecified atom stereocenters. The quantitative estimate of drug-likeness (QED) is 0.835. The largest absolute Gasteiger partial charge is 0.313 e. The minimum Gasteiger partial charge on any atom is -0.313 e. The van der Waals surface area contributed by atoms with Crippen LogP contribution in [0.15, 0.2) is 18.2 Å². The van der Waals surface area contributed by atoms with Gasteiger partial charge in [0.2, 0.25) is 0 Å². The Bertz CT molecular complexity index is 497. The van der Waals surface area contributed by atoms with Crippen LogP contribution in [0.3, 0.4) is 0 Å². The second-order valence-electron chi connectivity index (χ2n) is 4.42. The molecular weight excluding hydrogens is 305 g/mol. The van der Waals surface area contributed by atoms with E-state index in [9.17, 15) is 8.42 Å². The first kappa shape index (κ1) is 16.8. The summed E-state index contributed by atoms with van der Waals surface area (Å²) in [5.41, 5.74) is 0.980. The molecule has 1 atom stereocenters. The number of hydrogen-bond donors (Lipinski definition) is 1. The topological polar surface area (TPSA) is 46.2 Å². The summed E-state index contributed by atoms with van der Waals surface area (Å²) in [6.45, 7) is 1.67. The van der Waals surface area contributed by atoms with E-state index in [4.69, 9.17) is 23.2 Å². The molecule has 19 heavy (non-hydrogen) atoms. The van der Waals surface area contributed by atoms with Gasteiger partial charge in [0.05, 0.1) is 5.75 Å². The number of halogens is 2. The van der Waals surface area contributed by atoms with Crippen LogP contribution in [0.2, 0.25) is 10.0 Å². The summed E-state index contributed by atoms with van der Waals surface area (Å²) in [5.74, 6) is 0.413. The molecule has 0 spiro atoms. The Kier molecular flexibility index (Phi) is 6.60. The molecule has 0 aliphatic carbocycles. The van der Waals surface area contributed by atoms with Crippen molar-refractivity contribution < 1.29 is 8.42 Å². The van der Waals surface area contributed by atoms with Gasteiger partial charge in [-0.05, 0) is 43.7 Å². The van der Waals surface area contributed by atoms with Gasteiger partial charge in [0.1, 0.15) is 9.84 Å². The lowest BCUT2D eigenvalue weighted by Crippen LogP contribution is -2.18. The summed E-state index contributed by atoms with van der Waals surface area (Å²) >= 11 is 11.9. The molecule has 0 amide bonds. The summed E-state index contributed by atoms with van der Waals surface area (Å²) in [6.07, 6.45) is 1.35. The van der Waals surface area contributed by atoms with Crippen molar-refractivity contribution in [2.24, 2.45) is 0 Å². The molecule has 1 aromatic carbocycles. The van der Waals surface area contributed by atoms with Crippen LogP contribution in [0.5, 0.6) is 0 Å². The van der Waals surface area contributed by atoms with Crippen LogP contribution in [0.1, 0.15) is 31.4 Å². The molecule has 1 aromatic rings. The average molecular weight is 324 g/mol. The zero-order valence-corrected chi connectivity index (χ0v) is 13.4. The van der Waals surface area contributed by atoms with Crippen molar-refractivity contribution in [2.45, 2.75) is 25.8 Å². The number of sulfone groups is 1. The Morgan fingerprint density at radius 2 is 1.79 bits per heavy atom. The van der Waals surface area contributed by atoms with E-state index in [1.165, 1.54) is 0 Å². The van der Waals surface area contributed by atoms with Crippen molar-refractivity contribution in [2.75, 3.05) is 18.6 Å². The zero-order chi connectivity index (χ0) is 14.5. The van der Waals surface area contributed by atoms with Crippen LogP contribution in [-0.2, 0) is 9.84 Å². The van der Waals surface area contributed by atoms with E-state index in [0.717, 1.165) is 12.0 Å². The first-order valence-electron chi connectivity index (χ1n) is 6.21. The molecule has 1 rings (SSSR count). The maximum Gasteiger partial charge on any atom is 0.150 e. The number of hydrogen-bond acceptors (Lipinski definition) is 3. The van der Waals surface area contributed by atoms with Gasteiger partial charge in [0, 0.05) is 21.8 Å². The van der Waals surface area contributed by atoms with E-state index in [-0.39, 0.29) is 17.5 Å². The van der Waals surface area contributed by atoms with Crippen molar-refractivity contribution in [3.05, 3.63) is 33.8 Å². The van der Waals surface area contributed by atoms with Crippen molar-refractivity contribution in [1.29, 1.82) is 0 Å². The maximum atomic E-state index is 11.5. The third-order valence-corrected chi connectivity index (χ3v) is 5.25. The summed E-state index contributed by atoms with van der Waals surface area (Å²) in [7, 11) is -1.06. The minimum absolute atomic E-state index is 0.0586. The van der Waals surface area contributed by atoms with Gasteiger partial charge in [-0.25, -0.2) is 8.42 Å². The first-order chi connectivity index (χ1) is 8.88. The predicted octanol–water partition coefficient (Wildman–Crippen LogP) is 3.47. The van der Waals surface area contributed by atoms with Crippen LogP contribution < -0.4 is 5.32 Å². The van der Waals surface area contributed by atoms with Gasteiger partial charge in [-0.2, -0.15) is 0 Å². The van der Waals surface area contributed by atoms with Crippen LogP contribution in [0.25, 0.3) is 0 Å². The zero-order valence-electron chi connectivity index (χ0n) is 11.1. The average Bonchev–Trinajstić information content (AvgIpc) is 2.33. The molecule has 0 saturated carbocycles. The lowest BCUT2D eigenvalue weighted by atomic mass is 10.0. The fraction of sp³-hybridized carbons (Fsp3) is 0.538. The van der Waals surface area contributed by atoms with Crippen LogP contribution in [0, 0.1) is 0 Å². The maximum absolute atomic E-state index is 11.5. The predicted molar refractivity (Wildman–Crippen MR) is 81.8 cm³/mol. The second kappa shape index (κ2) is 7.48. The summed E-state index contributed by atoms with van der Waals surface area (Å²) in [5, 5.41) is 4.34. The molecule has 0 radical (unpaired) electrons. The molecule has 0 saturated heterocycles. The third-order valence-electron chi connectivity index (χ3n) is 3.02. The molecule has 3 nitrogen and oxygen atoms in total. The highest BCUT2D eigenvalue weighted by atomic mass is 35.5. The van der Waals surface area contributed by atoms with Crippen molar-refractivity contribution in [3.63, 3.8) is 0 Å². The summed E-state index contributed by atoms with van der Waals surface area (Å²) in [4.78, 5) is 0. The Morgan fingerprint density at radius 3 is 2.26 bits per heavy atom. The fourth-order valence-corrected chi connectivity index (χ4v) is 3.34. The Morgan fingerprint density at radius 1 is 1.21 bits per heavy atom. The summed E-state index contributed by atoms with van der Waals surface area (Å²) < 4.78 is 22.9. The molecule has 0 aliphatic rings. The van der Waals surface area contributed by atoms with Crippen LogP contribution >= 0.6 is 23.2 Å². The van der Waals surface area contributed by atoms with Gasteiger partial charge in [0.25, 0.3) is 0 Å². The number of benzene rings is 1. The fourth-order valence-electron chi connectivity index (χ4n) is 1.91.